The van der Waals surface area contributed by atoms with Crippen LogP contribution in [0, 0.1) is 0 Å². The second-order valence-corrected chi connectivity index (χ2v) is 11.9. The molecule has 2 fully saturated rings. The van der Waals surface area contributed by atoms with E-state index in [1.165, 1.54) is 49.1 Å². The number of benzene rings is 2. The van der Waals surface area contributed by atoms with Gasteiger partial charge in [0.15, 0.2) is 0 Å². The molecule has 9 nitrogen and oxygen atoms in total. The lowest BCUT2D eigenvalue weighted by molar-refractivity contribution is 0.381. The highest BCUT2D eigenvalue weighted by atomic mass is 32.2. The fraction of sp³-hybridized carbons (Fsp3) is 0.393. The molecule has 0 radical (unpaired) electrons. The van der Waals surface area contributed by atoms with Crippen molar-refractivity contribution in [3.8, 4) is 17.0 Å². The molecule has 0 unspecified atom stereocenters. The molecule has 6 rings (SSSR count). The summed E-state index contributed by atoms with van der Waals surface area (Å²) in [5, 5.41) is 4.78. The first kappa shape index (κ1) is 24.8. The van der Waals surface area contributed by atoms with Crippen molar-refractivity contribution in [2.75, 3.05) is 38.2 Å². The summed E-state index contributed by atoms with van der Waals surface area (Å²) in [5.74, 6) is 2.27. The molecule has 0 bridgehead atoms. The summed E-state index contributed by atoms with van der Waals surface area (Å²) in [4.78, 5) is 11.3. The highest BCUT2D eigenvalue weighted by molar-refractivity contribution is 7.89. The highest BCUT2D eigenvalue weighted by Gasteiger charge is 2.30. The van der Waals surface area contributed by atoms with Crippen LogP contribution in [0.4, 0.5) is 5.95 Å². The summed E-state index contributed by atoms with van der Waals surface area (Å²) < 4.78 is 34.8. The van der Waals surface area contributed by atoms with Crippen LogP contribution in [0.1, 0.15) is 43.6 Å². The van der Waals surface area contributed by atoms with E-state index in [1.807, 2.05) is 11.0 Å². The Morgan fingerprint density at radius 3 is 2.42 bits per heavy atom. The van der Waals surface area contributed by atoms with Crippen LogP contribution in [0.5, 0.6) is 5.75 Å². The van der Waals surface area contributed by atoms with Crippen LogP contribution in [-0.4, -0.2) is 65.6 Å². The van der Waals surface area contributed by atoms with Crippen molar-refractivity contribution in [1.29, 1.82) is 0 Å². The number of nitrogens with zero attached hydrogens (tertiary/aromatic N) is 6. The minimum absolute atomic E-state index is 0.236. The first-order valence-corrected chi connectivity index (χ1v) is 14.7. The largest absolute Gasteiger partial charge is 0.497 e. The van der Waals surface area contributed by atoms with Gasteiger partial charge in [0.05, 0.1) is 17.7 Å². The normalized spacial score (nSPS) is 17.7. The average Bonchev–Trinajstić information content (AvgIpc) is 3.43. The number of ether oxygens (including phenoxy) is 1. The van der Waals surface area contributed by atoms with Gasteiger partial charge in [-0.15, -0.1) is 5.10 Å². The second-order valence-electron chi connectivity index (χ2n) is 9.98. The first-order valence-electron chi connectivity index (χ1n) is 13.2. The summed E-state index contributed by atoms with van der Waals surface area (Å²) in [7, 11) is -2.08. The monoisotopic (exact) mass is 532 g/mol. The molecule has 1 saturated carbocycles. The summed E-state index contributed by atoms with van der Waals surface area (Å²) in [5.41, 5.74) is 3.42. The number of aromatic nitrogens is 4. The van der Waals surface area contributed by atoms with Crippen molar-refractivity contribution in [2.45, 2.75) is 42.9 Å². The number of sulfonamides is 1. The van der Waals surface area contributed by atoms with Crippen LogP contribution in [0.15, 0.2) is 65.7 Å². The Labute approximate surface area is 223 Å². The van der Waals surface area contributed by atoms with Crippen LogP contribution in [-0.2, 0) is 10.0 Å². The molecule has 0 spiro atoms. The van der Waals surface area contributed by atoms with Crippen LogP contribution >= 0.6 is 0 Å². The lowest BCUT2D eigenvalue weighted by Crippen LogP contribution is -2.49. The minimum Gasteiger partial charge on any atom is -0.497 e. The van der Waals surface area contributed by atoms with E-state index >= 15 is 0 Å². The molecule has 4 aromatic rings. The van der Waals surface area contributed by atoms with Gasteiger partial charge in [0.25, 0.3) is 5.78 Å². The van der Waals surface area contributed by atoms with E-state index in [9.17, 15) is 8.42 Å². The second kappa shape index (κ2) is 10.3. The summed E-state index contributed by atoms with van der Waals surface area (Å²) in [6, 6.07) is 17.4. The Balaban J connectivity index is 1.19. The maximum absolute atomic E-state index is 13.2. The Bertz CT molecular complexity index is 1520. The molecule has 1 aliphatic carbocycles. The lowest BCUT2D eigenvalue weighted by atomic mass is 9.84. The highest BCUT2D eigenvalue weighted by Crippen LogP contribution is 2.33. The molecule has 2 aromatic carbocycles. The standard InChI is InChI=1S/C28H32N6O3S/c1-37-24-8-5-9-25(20-24)38(35,36)33-18-16-32(17-19-33)28-30-27-29-15-14-26(34(27)31-28)23-12-10-22(11-13-23)21-6-3-2-4-7-21/h5,8-15,20-21H,2-4,6-7,16-19H2,1H3. The van der Waals surface area contributed by atoms with Gasteiger partial charge in [-0.25, -0.2) is 13.4 Å². The van der Waals surface area contributed by atoms with E-state index in [-0.39, 0.29) is 4.90 Å². The Morgan fingerprint density at radius 1 is 0.921 bits per heavy atom. The number of fused-ring (bicyclic) bond motifs is 1. The number of hydrogen-bond donors (Lipinski definition) is 0. The topological polar surface area (TPSA) is 92.9 Å². The van der Waals surface area contributed by atoms with Crippen molar-refractivity contribution >= 4 is 21.7 Å². The maximum atomic E-state index is 13.2. The smallest absolute Gasteiger partial charge is 0.254 e. The molecular formula is C28H32N6O3S. The Morgan fingerprint density at radius 2 is 1.68 bits per heavy atom. The minimum atomic E-state index is -3.61. The predicted octanol–water partition coefficient (Wildman–Crippen LogP) is 4.36. The van der Waals surface area contributed by atoms with Crippen LogP contribution in [0.2, 0.25) is 0 Å². The van der Waals surface area contributed by atoms with E-state index in [2.05, 4.69) is 34.2 Å². The van der Waals surface area contributed by atoms with Gasteiger partial charge >= 0.3 is 0 Å². The fourth-order valence-electron chi connectivity index (χ4n) is 5.54. The van der Waals surface area contributed by atoms with Crippen molar-refractivity contribution in [3.63, 3.8) is 0 Å². The molecule has 198 valence electrons. The van der Waals surface area contributed by atoms with Gasteiger partial charge < -0.3 is 9.64 Å². The number of piperazine rings is 1. The Kier molecular flexibility index (Phi) is 6.75. The number of methoxy groups -OCH3 is 1. The molecule has 3 heterocycles. The summed E-state index contributed by atoms with van der Waals surface area (Å²) in [6.07, 6.45) is 8.31. The molecule has 1 aliphatic heterocycles. The fourth-order valence-corrected chi connectivity index (χ4v) is 7.00. The quantitative estimate of drug-likeness (QED) is 0.364. The zero-order chi connectivity index (χ0) is 26.1. The molecule has 2 aromatic heterocycles. The third-order valence-corrected chi connectivity index (χ3v) is 9.61. The molecule has 2 aliphatic rings. The third kappa shape index (κ3) is 4.74. The molecule has 0 atom stereocenters. The van der Waals surface area contributed by atoms with Crippen molar-refractivity contribution in [3.05, 3.63) is 66.4 Å². The summed E-state index contributed by atoms with van der Waals surface area (Å²) in [6.45, 7) is 1.67. The van der Waals surface area contributed by atoms with Crippen LogP contribution in [0.25, 0.3) is 17.0 Å². The van der Waals surface area contributed by atoms with E-state index in [0.717, 1.165) is 11.3 Å². The van der Waals surface area contributed by atoms with E-state index in [0.29, 0.717) is 49.6 Å². The van der Waals surface area contributed by atoms with Gasteiger partial charge in [-0.1, -0.05) is 49.6 Å². The molecule has 1 saturated heterocycles. The van der Waals surface area contributed by atoms with Crippen molar-refractivity contribution in [1.82, 2.24) is 23.9 Å². The van der Waals surface area contributed by atoms with E-state index in [1.54, 1.807) is 35.0 Å². The molecule has 38 heavy (non-hydrogen) atoms. The number of anilines is 1. The molecule has 0 N–H and O–H groups in total. The zero-order valence-corrected chi connectivity index (χ0v) is 22.3. The van der Waals surface area contributed by atoms with E-state index < -0.39 is 10.0 Å². The van der Waals surface area contributed by atoms with Crippen LogP contribution < -0.4 is 9.64 Å². The van der Waals surface area contributed by atoms with E-state index in [4.69, 9.17) is 9.84 Å². The summed E-state index contributed by atoms with van der Waals surface area (Å²) >= 11 is 0. The molecule has 10 heteroatoms. The van der Waals surface area contributed by atoms with Crippen molar-refractivity contribution in [2.24, 2.45) is 0 Å². The van der Waals surface area contributed by atoms with Gasteiger partial charge in [-0.05, 0) is 42.5 Å². The Hall–Kier alpha value is -3.50. The van der Waals surface area contributed by atoms with Gasteiger partial charge in [0, 0.05) is 44.0 Å². The number of hydrogen-bond acceptors (Lipinski definition) is 7. The maximum Gasteiger partial charge on any atom is 0.254 e. The van der Waals surface area contributed by atoms with Crippen molar-refractivity contribution < 1.29 is 13.2 Å². The predicted molar refractivity (Wildman–Crippen MR) is 146 cm³/mol. The van der Waals surface area contributed by atoms with Gasteiger partial charge in [0.2, 0.25) is 16.0 Å². The molecule has 0 amide bonds. The van der Waals surface area contributed by atoms with Gasteiger partial charge in [0.1, 0.15) is 5.75 Å². The number of rotatable bonds is 6. The lowest BCUT2D eigenvalue weighted by Gasteiger charge is -2.33. The first-order chi connectivity index (χ1) is 18.5. The average molecular weight is 533 g/mol. The third-order valence-electron chi connectivity index (χ3n) is 7.71. The van der Waals surface area contributed by atoms with Crippen LogP contribution in [0.3, 0.4) is 0 Å². The van der Waals surface area contributed by atoms with Gasteiger partial charge in [-0.3, -0.25) is 0 Å². The zero-order valence-electron chi connectivity index (χ0n) is 21.5. The van der Waals surface area contributed by atoms with Gasteiger partial charge in [-0.2, -0.15) is 13.8 Å². The molecular weight excluding hydrogens is 500 g/mol. The SMILES string of the molecule is COc1cccc(S(=O)(=O)N2CCN(c3nc4nccc(-c5ccc(C6CCCCC6)cc5)n4n3)CC2)c1.